The second-order valence-electron chi connectivity index (χ2n) is 3.60. The predicted molar refractivity (Wildman–Crippen MR) is 66.5 cm³/mol. The standard InChI is InChI=1S/C12H14ClNO4/c1-18-7-6-10(15)14-11(12(16)17)8-4-2-3-5-9(8)13/h2-5,11H,6-7H2,1H3,(H,14,15)(H,16,17)/t11-/m1/s1. The van der Waals surface area contributed by atoms with E-state index in [0.29, 0.717) is 10.6 Å². The van der Waals surface area contributed by atoms with Crippen molar-refractivity contribution in [1.82, 2.24) is 5.32 Å². The molecule has 1 aromatic carbocycles. The zero-order valence-electron chi connectivity index (χ0n) is 9.85. The van der Waals surface area contributed by atoms with E-state index in [9.17, 15) is 9.59 Å². The van der Waals surface area contributed by atoms with E-state index in [4.69, 9.17) is 21.4 Å². The Morgan fingerprint density at radius 2 is 2.11 bits per heavy atom. The molecule has 0 aliphatic carbocycles. The first-order valence-electron chi connectivity index (χ1n) is 5.31. The van der Waals surface area contributed by atoms with Crippen molar-refractivity contribution in [1.29, 1.82) is 0 Å². The van der Waals surface area contributed by atoms with E-state index in [1.54, 1.807) is 24.3 Å². The van der Waals surface area contributed by atoms with Crippen LogP contribution in [0.4, 0.5) is 0 Å². The number of amides is 1. The highest BCUT2D eigenvalue weighted by Gasteiger charge is 2.23. The minimum absolute atomic E-state index is 0.102. The minimum atomic E-state index is -1.16. The number of aliphatic carboxylic acids is 1. The summed E-state index contributed by atoms with van der Waals surface area (Å²) in [4.78, 5) is 22.7. The lowest BCUT2D eigenvalue weighted by Gasteiger charge is -2.16. The molecule has 0 aliphatic heterocycles. The Labute approximate surface area is 110 Å². The van der Waals surface area contributed by atoms with Crippen molar-refractivity contribution >= 4 is 23.5 Å². The topological polar surface area (TPSA) is 75.6 Å². The third-order valence-electron chi connectivity index (χ3n) is 2.30. The second-order valence-corrected chi connectivity index (χ2v) is 4.01. The second kappa shape index (κ2) is 6.98. The number of ether oxygens (including phenoxy) is 1. The molecule has 0 saturated carbocycles. The van der Waals surface area contributed by atoms with E-state index in [-0.39, 0.29) is 13.0 Å². The maximum atomic E-state index is 11.5. The van der Waals surface area contributed by atoms with Crippen LogP contribution in [0.2, 0.25) is 5.02 Å². The summed E-state index contributed by atoms with van der Waals surface area (Å²) in [6, 6.07) is 5.35. The van der Waals surface area contributed by atoms with E-state index in [0.717, 1.165) is 0 Å². The van der Waals surface area contributed by atoms with E-state index in [1.807, 2.05) is 0 Å². The first-order chi connectivity index (χ1) is 8.56. The van der Waals surface area contributed by atoms with Gasteiger partial charge in [-0.05, 0) is 6.07 Å². The number of benzene rings is 1. The van der Waals surface area contributed by atoms with Crippen molar-refractivity contribution in [3.05, 3.63) is 34.9 Å². The Morgan fingerprint density at radius 1 is 1.44 bits per heavy atom. The maximum Gasteiger partial charge on any atom is 0.330 e. The molecule has 0 fully saturated rings. The summed E-state index contributed by atoms with van der Waals surface area (Å²) in [6.45, 7) is 0.237. The Hall–Kier alpha value is -1.59. The van der Waals surface area contributed by atoms with Crippen LogP contribution in [0.1, 0.15) is 18.0 Å². The lowest BCUT2D eigenvalue weighted by molar-refractivity contribution is -0.142. The number of carboxylic acids is 1. The number of carbonyl (C=O) groups excluding carboxylic acids is 1. The van der Waals surface area contributed by atoms with Gasteiger partial charge >= 0.3 is 5.97 Å². The molecule has 0 heterocycles. The van der Waals surface area contributed by atoms with Crippen molar-refractivity contribution in [3.63, 3.8) is 0 Å². The summed E-state index contributed by atoms with van der Waals surface area (Å²) >= 11 is 5.91. The van der Waals surface area contributed by atoms with Crippen LogP contribution in [0.15, 0.2) is 24.3 Å². The van der Waals surface area contributed by atoms with Crippen molar-refractivity contribution in [2.75, 3.05) is 13.7 Å². The molecule has 0 unspecified atom stereocenters. The van der Waals surface area contributed by atoms with Gasteiger partial charge in [-0.2, -0.15) is 0 Å². The normalized spacial score (nSPS) is 11.9. The van der Waals surface area contributed by atoms with Crippen molar-refractivity contribution in [2.24, 2.45) is 0 Å². The third kappa shape index (κ3) is 4.01. The molecular formula is C12H14ClNO4. The number of hydrogen-bond donors (Lipinski definition) is 2. The molecule has 1 rings (SSSR count). The van der Waals surface area contributed by atoms with Gasteiger partial charge in [-0.25, -0.2) is 4.79 Å². The molecule has 2 N–H and O–H groups in total. The molecule has 0 aromatic heterocycles. The van der Waals surface area contributed by atoms with Gasteiger partial charge in [-0.15, -0.1) is 0 Å². The number of carboxylic acid groups (broad SMARTS) is 1. The number of rotatable bonds is 6. The fourth-order valence-corrected chi connectivity index (χ4v) is 1.65. The van der Waals surface area contributed by atoms with Gasteiger partial charge in [-0.3, -0.25) is 4.79 Å². The molecule has 0 aliphatic rings. The first-order valence-corrected chi connectivity index (χ1v) is 5.69. The summed E-state index contributed by atoms with van der Waals surface area (Å²) in [6.07, 6.45) is 0.102. The highest BCUT2D eigenvalue weighted by Crippen LogP contribution is 2.22. The number of halogens is 1. The van der Waals surface area contributed by atoms with Gasteiger partial charge in [0.05, 0.1) is 6.61 Å². The SMILES string of the molecule is COCCC(=O)N[C@@H](C(=O)O)c1ccccc1Cl. The van der Waals surface area contributed by atoms with Crippen LogP contribution in [0.25, 0.3) is 0 Å². The van der Waals surface area contributed by atoms with Gasteiger partial charge in [-0.1, -0.05) is 29.8 Å². The summed E-state index contributed by atoms with van der Waals surface area (Å²) in [5.41, 5.74) is 0.359. The molecule has 98 valence electrons. The molecule has 1 amide bonds. The molecule has 0 saturated heterocycles. The maximum absolute atomic E-state index is 11.5. The molecule has 1 aromatic rings. The molecule has 5 nitrogen and oxygen atoms in total. The summed E-state index contributed by atoms with van der Waals surface area (Å²) in [5, 5.41) is 11.8. The lowest BCUT2D eigenvalue weighted by atomic mass is 10.1. The lowest BCUT2D eigenvalue weighted by Crippen LogP contribution is -2.34. The highest BCUT2D eigenvalue weighted by molar-refractivity contribution is 6.31. The van der Waals surface area contributed by atoms with Gasteiger partial charge in [0.2, 0.25) is 5.91 Å². The van der Waals surface area contributed by atoms with Gasteiger partial charge in [0.25, 0.3) is 0 Å². The Morgan fingerprint density at radius 3 is 2.67 bits per heavy atom. The van der Waals surface area contributed by atoms with E-state index in [2.05, 4.69) is 5.32 Å². The Kier molecular flexibility index (Phi) is 5.61. The van der Waals surface area contributed by atoms with Crippen LogP contribution < -0.4 is 5.32 Å². The van der Waals surface area contributed by atoms with Crippen LogP contribution in [0, 0.1) is 0 Å². The third-order valence-corrected chi connectivity index (χ3v) is 2.65. The molecular weight excluding hydrogens is 258 g/mol. The zero-order valence-corrected chi connectivity index (χ0v) is 10.6. The zero-order chi connectivity index (χ0) is 13.5. The molecule has 6 heteroatoms. The quantitative estimate of drug-likeness (QED) is 0.824. The summed E-state index contributed by atoms with van der Waals surface area (Å²) in [7, 11) is 1.47. The van der Waals surface area contributed by atoms with Crippen molar-refractivity contribution < 1.29 is 19.4 Å². The molecule has 0 spiro atoms. The minimum Gasteiger partial charge on any atom is -0.479 e. The van der Waals surface area contributed by atoms with E-state index in [1.165, 1.54) is 7.11 Å². The van der Waals surface area contributed by atoms with Gasteiger partial charge in [0.15, 0.2) is 6.04 Å². The molecule has 1 atom stereocenters. The van der Waals surface area contributed by atoms with Crippen LogP contribution in [-0.4, -0.2) is 30.7 Å². The average Bonchev–Trinajstić information content (AvgIpc) is 2.34. The smallest absolute Gasteiger partial charge is 0.330 e. The fourth-order valence-electron chi connectivity index (χ4n) is 1.41. The van der Waals surface area contributed by atoms with Gasteiger partial charge in [0.1, 0.15) is 0 Å². The number of methoxy groups -OCH3 is 1. The van der Waals surface area contributed by atoms with Gasteiger partial charge < -0.3 is 15.2 Å². The van der Waals surface area contributed by atoms with Crippen LogP contribution in [0.3, 0.4) is 0 Å². The van der Waals surface area contributed by atoms with Crippen LogP contribution >= 0.6 is 11.6 Å². The van der Waals surface area contributed by atoms with Crippen molar-refractivity contribution in [3.8, 4) is 0 Å². The molecule has 0 radical (unpaired) electrons. The average molecular weight is 272 g/mol. The predicted octanol–water partition coefficient (Wildman–Crippen LogP) is 1.62. The summed E-state index contributed by atoms with van der Waals surface area (Å²) < 4.78 is 4.75. The number of nitrogens with one attached hydrogen (secondary N) is 1. The largest absolute Gasteiger partial charge is 0.479 e. The van der Waals surface area contributed by atoms with Crippen LogP contribution in [-0.2, 0) is 14.3 Å². The van der Waals surface area contributed by atoms with Crippen molar-refractivity contribution in [2.45, 2.75) is 12.5 Å². The molecule has 18 heavy (non-hydrogen) atoms. The summed E-state index contributed by atoms with van der Waals surface area (Å²) in [5.74, 6) is -1.56. The monoisotopic (exact) mass is 271 g/mol. The van der Waals surface area contributed by atoms with E-state index < -0.39 is 17.9 Å². The van der Waals surface area contributed by atoms with Gasteiger partial charge in [0, 0.05) is 24.1 Å². The Bertz CT molecular complexity index is 436. The van der Waals surface area contributed by atoms with E-state index >= 15 is 0 Å². The number of carbonyl (C=O) groups is 2. The molecule has 0 bridgehead atoms. The Balaban J connectivity index is 2.81. The highest BCUT2D eigenvalue weighted by atomic mass is 35.5. The van der Waals surface area contributed by atoms with Crippen LogP contribution in [0.5, 0.6) is 0 Å². The fraction of sp³-hybridized carbons (Fsp3) is 0.333. The number of hydrogen-bond acceptors (Lipinski definition) is 3. The first kappa shape index (κ1) is 14.5.